The summed E-state index contributed by atoms with van der Waals surface area (Å²) >= 11 is 0. The van der Waals surface area contributed by atoms with Crippen molar-refractivity contribution >= 4 is 0 Å². The number of hydrogen-bond acceptors (Lipinski definition) is 4. The summed E-state index contributed by atoms with van der Waals surface area (Å²) in [4.78, 5) is 0. The maximum absolute atomic E-state index is 5.56. The highest BCUT2D eigenvalue weighted by Gasteiger charge is 2.31. The number of hydrogen-bond donors (Lipinski definition) is 1. The number of rotatable bonds is 7. The van der Waals surface area contributed by atoms with E-state index in [1.165, 1.54) is 0 Å². The summed E-state index contributed by atoms with van der Waals surface area (Å²) in [5.74, 6) is 2.22. The quantitative estimate of drug-likeness (QED) is 0.833. The molecule has 0 radical (unpaired) electrons. The molecule has 0 spiro atoms. The Kier molecular flexibility index (Phi) is 5.68. The van der Waals surface area contributed by atoms with Gasteiger partial charge in [0.15, 0.2) is 0 Å². The molecule has 1 saturated heterocycles. The third-order valence-electron chi connectivity index (χ3n) is 3.83. The average Bonchev–Trinajstić information content (AvgIpc) is 3.01. The van der Waals surface area contributed by atoms with Crippen LogP contribution >= 0.6 is 0 Å². The molecule has 1 N–H and O–H groups in total. The fourth-order valence-electron chi connectivity index (χ4n) is 2.81. The molecule has 2 unspecified atom stereocenters. The Bertz CT molecular complexity index is 394. The van der Waals surface area contributed by atoms with Crippen molar-refractivity contribution < 1.29 is 14.2 Å². The molecule has 20 heavy (non-hydrogen) atoms. The molecule has 1 aliphatic rings. The van der Waals surface area contributed by atoms with Crippen molar-refractivity contribution in [3.63, 3.8) is 0 Å². The largest absolute Gasteiger partial charge is 0.496 e. The zero-order valence-electron chi connectivity index (χ0n) is 12.6. The lowest BCUT2D eigenvalue weighted by atomic mass is 9.90. The van der Waals surface area contributed by atoms with Crippen LogP contribution < -0.4 is 14.8 Å². The Morgan fingerprint density at radius 3 is 2.50 bits per heavy atom. The molecule has 1 aliphatic heterocycles. The molecule has 1 heterocycles. The molecule has 112 valence electrons. The third-order valence-corrected chi connectivity index (χ3v) is 3.83. The maximum Gasteiger partial charge on any atom is 0.127 e. The van der Waals surface area contributed by atoms with Crippen LogP contribution in [0.5, 0.6) is 11.5 Å². The Morgan fingerprint density at radius 1 is 1.30 bits per heavy atom. The van der Waals surface area contributed by atoms with E-state index in [0.29, 0.717) is 5.92 Å². The van der Waals surface area contributed by atoms with Crippen LogP contribution in [0.4, 0.5) is 0 Å². The van der Waals surface area contributed by atoms with Crippen molar-refractivity contribution in [2.45, 2.75) is 25.8 Å². The van der Waals surface area contributed by atoms with Crippen molar-refractivity contribution in [1.29, 1.82) is 0 Å². The summed E-state index contributed by atoms with van der Waals surface area (Å²) in [6, 6.07) is 6.16. The Morgan fingerprint density at radius 2 is 2.00 bits per heavy atom. The van der Waals surface area contributed by atoms with Gasteiger partial charge in [0.2, 0.25) is 0 Å². The van der Waals surface area contributed by atoms with E-state index < -0.39 is 0 Å². The lowest BCUT2D eigenvalue weighted by molar-refractivity contribution is 0.175. The second kappa shape index (κ2) is 7.50. The summed E-state index contributed by atoms with van der Waals surface area (Å²) < 4.78 is 16.7. The van der Waals surface area contributed by atoms with Crippen LogP contribution in [0.15, 0.2) is 18.2 Å². The van der Waals surface area contributed by atoms with Crippen molar-refractivity contribution in [2.24, 2.45) is 5.92 Å². The first-order valence-electron chi connectivity index (χ1n) is 7.33. The highest BCUT2D eigenvalue weighted by molar-refractivity contribution is 5.47. The Balaban J connectivity index is 2.35. The van der Waals surface area contributed by atoms with E-state index in [1.807, 2.05) is 18.2 Å². The molecule has 4 heteroatoms. The van der Waals surface area contributed by atoms with Crippen LogP contribution in [0, 0.1) is 5.92 Å². The van der Waals surface area contributed by atoms with E-state index in [9.17, 15) is 0 Å². The third kappa shape index (κ3) is 3.25. The van der Waals surface area contributed by atoms with Gasteiger partial charge in [0, 0.05) is 18.6 Å². The van der Waals surface area contributed by atoms with Crippen LogP contribution in [0.3, 0.4) is 0 Å². The minimum Gasteiger partial charge on any atom is -0.496 e. The standard InChI is InChI=1S/C16H25NO3/c1-4-9-17-16(12-8-10-20-11-12)15-13(18-2)6-5-7-14(15)19-3/h5-7,12,16-17H,4,8-11H2,1-3H3. The highest BCUT2D eigenvalue weighted by Crippen LogP contribution is 2.39. The van der Waals surface area contributed by atoms with Gasteiger partial charge >= 0.3 is 0 Å². The van der Waals surface area contributed by atoms with Gasteiger partial charge in [-0.15, -0.1) is 0 Å². The first-order chi connectivity index (χ1) is 9.81. The lowest BCUT2D eigenvalue weighted by Crippen LogP contribution is -2.30. The molecule has 4 nitrogen and oxygen atoms in total. The Hall–Kier alpha value is -1.26. The van der Waals surface area contributed by atoms with E-state index in [1.54, 1.807) is 14.2 Å². The monoisotopic (exact) mass is 279 g/mol. The van der Waals surface area contributed by atoms with Crippen LogP contribution in [0.25, 0.3) is 0 Å². The minimum absolute atomic E-state index is 0.212. The van der Waals surface area contributed by atoms with Gasteiger partial charge in [-0.2, -0.15) is 0 Å². The van der Waals surface area contributed by atoms with E-state index in [2.05, 4.69) is 12.2 Å². The van der Waals surface area contributed by atoms with Crippen molar-refractivity contribution in [2.75, 3.05) is 34.0 Å². The van der Waals surface area contributed by atoms with Gasteiger partial charge < -0.3 is 19.5 Å². The van der Waals surface area contributed by atoms with Gasteiger partial charge in [-0.25, -0.2) is 0 Å². The predicted octanol–water partition coefficient (Wildman–Crippen LogP) is 2.78. The number of ether oxygens (including phenoxy) is 3. The first kappa shape index (κ1) is 15.1. The lowest BCUT2D eigenvalue weighted by Gasteiger charge is -2.27. The topological polar surface area (TPSA) is 39.7 Å². The average molecular weight is 279 g/mol. The molecule has 1 aromatic carbocycles. The molecule has 0 bridgehead atoms. The molecule has 0 aliphatic carbocycles. The molecule has 1 aromatic rings. The normalized spacial score (nSPS) is 19.9. The van der Waals surface area contributed by atoms with E-state index in [4.69, 9.17) is 14.2 Å². The molecule has 1 fully saturated rings. The van der Waals surface area contributed by atoms with Gasteiger partial charge in [-0.05, 0) is 31.5 Å². The second-order valence-corrected chi connectivity index (χ2v) is 5.13. The van der Waals surface area contributed by atoms with E-state index >= 15 is 0 Å². The zero-order valence-corrected chi connectivity index (χ0v) is 12.6. The Labute approximate surface area is 121 Å². The molecule has 0 aromatic heterocycles. The van der Waals surface area contributed by atoms with Crippen molar-refractivity contribution in [1.82, 2.24) is 5.32 Å². The summed E-state index contributed by atoms with van der Waals surface area (Å²) in [5.41, 5.74) is 1.11. The summed E-state index contributed by atoms with van der Waals surface area (Å²) in [6.07, 6.45) is 2.17. The van der Waals surface area contributed by atoms with E-state index in [-0.39, 0.29) is 6.04 Å². The fourth-order valence-corrected chi connectivity index (χ4v) is 2.81. The van der Waals surface area contributed by atoms with Crippen molar-refractivity contribution in [3.8, 4) is 11.5 Å². The van der Waals surface area contributed by atoms with Crippen molar-refractivity contribution in [3.05, 3.63) is 23.8 Å². The second-order valence-electron chi connectivity index (χ2n) is 5.13. The van der Waals surface area contributed by atoms with Gasteiger partial charge in [0.05, 0.1) is 26.4 Å². The van der Waals surface area contributed by atoms with Gasteiger partial charge in [0.25, 0.3) is 0 Å². The summed E-state index contributed by atoms with van der Waals surface area (Å²) in [7, 11) is 3.42. The fraction of sp³-hybridized carbons (Fsp3) is 0.625. The number of nitrogens with one attached hydrogen (secondary N) is 1. The first-order valence-corrected chi connectivity index (χ1v) is 7.33. The molecular weight excluding hydrogens is 254 g/mol. The molecule has 2 atom stereocenters. The highest BCUT2D eigenvalue weighted by atomic mass is 16.5. The predicted molar refractivity (Wildman–Crippen MR) is 79.5 cm³/mol. The van der Waals surface area contributed by atoms with Gasteiger partial charge in [-0.3, -0.25) is 0 Å². The molecule has 0 saturated carbocycles. The van der Waals surface area contributed by atoms with Crippen LogP contribution in [0.2, 0.25) is 0 Å². The molecule has 0 amide bonds. The van der Waals surface area contributed by atoms with Crippen LogP contribution in [0.1, 0.15) is 31.4 Å². The molecule has 2 rings (SSSR count). The SMILES string of the molecule is CCCNC(c1c(OC)cccc1OC)C1CCOC1. The number of benzene rings is 1. The summed E-state index contributed by atoms with van der Waals surface area (Å²) in [6.45, 7) is 4.78. The van der Waals surface area contributed by atoms with Crippen LogP contribution in [-0.4, -0.2) is 34.0 Å². The maximum atomic E-state index is 5.56. The zero-order chi connectivity index (χ0) is 14.4. The molecular formula is C16H25NO3. The van der Waals surface area contributed by atoms with Gasteiger partial charge in [0.1, 0.15) is 11.5 Å². The van der Waals surface area contributed by atoms with E-state index in [0.717, 1.165) is 49.7 Å². The number of methoxy groups -OCH3 is 2. The summed E-state index contributed by atoms with van der Waals surface area (Å²) in [5, 5.41) is 3.64. The smallest absolute Gasteiger partial charge is 0.127 e. The van der Waals surface area contributed by atoms with Crippen LogP contribution in [-0.2, 0) is 4.74 Å². The minimum atomic E-state index is 0.212. The van der Waals surface area contributed by atoms with Gasteiger partial charge in [-0.1, -0.05) is 13.0 Å².